The molecule has 1 fully saturated rings. The van der Waals surface area contributed by atoms with Gasteiger partial charge < -0.3 is 30.7 Å². The maximum atomic E-state index is 13.0. The van der Waals surface area contributed by atoms with Gasteiger partial charge >= 0.3 is 0 Å². The first kappa shape index (κ1) is 32.6. The summed E-state index contributed by atoms with van der Waals surface area (Å²) in [5, 5.41) is 4.00. The standard InChI is InChI=1S/C26H34N4O4S2.C5H5NS/c1-2-10-34-21-13-20-14-24(29-25(20)23(27)15-21)26(31)28-16-22(35-18-19-6-4-3-5-7-19)17-30-8-11-36(32,33)12-9-30;7-5-3-1-2-4-6-5/h3-7,13-15,22,29H,2,8-12,16-18,27H2,1H3,(H,28,31);1-4H,(H,6,7). The Hall–Kier alpha value is -3.32. The minimum absolute atomic E-state index is 0.110. The number of pyridine rings is 1. The lowest BCUT2D eigenvalue weighted by Crippen LogP contribution is -2.45. The Morgan fingerprint density at radius 2 is 1.86 bits per heavy atom. The van der Waals surface area contributed by atoms with Crippen molar-refractivity contribution in [3.05, 3.63) is 88.8 Å². The van der Waals surface area contributed by atoms with Gasteiger partial charge in [-0.15, -0.1) is 0 Å². The van der Waals surface area contributed by atoms with Gasteiger partial charge in [-0.1, -0.05) is 55.5 Å². The second-order valence-corrected chi connectivity index (χ2v) is 14.3. The third kappa shape index (κ3) is 10.4. The van der Waals surface area contributed by atoms with E-state index in [9.17, 15) is 13.2 Å². The third-order valence-electron chi connectivity index (χ3n) is 6.85. The number of thioether (sulfide) groups is 1. The van der Waals surface area contributed by atoms with Crippen molar-refractivity contribution >= 4 is 56.3 Å². The molecule has 1 atom stereocenters. The molecule has 5 rings (SSSR count). The number of sulfone groups is 1. The zero-order valence-electron chi connectivity index (χ0n) is 24.3. The van der Waals surface area contributed by atoms with Gasteiger partial charge in [0.05, 0.1) is 29.3 Å². The van der Waals surface area contributed by atoms with E-state index >= 15 is 0 Å². The van der Waals surface area contributed by atoms with Crippen LogP contribution in [0.5, 0.6) is 5.75 Å². The molecule has 1 unspecified atom stereocenters. The first-order valence-corrected chi connectivity index (χ1v) is 17.6. The van der Waals surface area contributed by atoms with E-state index < -0.39 is 9.84 Å². The fourth-order valence-electron chi connectivity index (χ4n) is 4.53. The Kier molecular flexibility index (Phi) is 12.1. The SMILES string of the molecule is CCCOc1cc(N)c2[nH]c(C(=O)NCC(CN3CCS(=O)(=O)CC3)SCc3ccccc3)cc2c1.S=c1cccc[nH]1. The summed E-state index contributed by atoms with van der Waals surface area (Å²) in [5.41, 5.74) is 9.10. The molecule has 43 heavy (non-hydrogen) atoms. The van der Waals surface area contributed by atoms with Crippen molar-refractivity contribution in [1.82, 2.24) is 20.2 Å². The van der Waals surface area contributed by atoms with Crippen molar-refractivity contribution in [2.24, 2.45) is 0 Å². The first-order chi connectivity index (χ1) is 20.7. The molecule has 0 radical (unpaired) electrons. The van der Waals surface area contributed by atoms with Gasteiger partial charge in [-0.05, 0) is 36.2 Å². The number of anilines is 1. The number of fused-ring (bicyclic) bond motifs is 1. The van der Waals surface area contributed by atoms with Gasteiger partial charge in [0.1, 0.15) is 16.1 Å². The minimum atomic E-state index is -2.93. The Labute approximate surface area is 262 Å². The van der Waals surface area contributed by atoms with Gasteiger partial charge in [-0.25, -0.2) is 8.42 Å². The maximum Gasteiger partial charge on any atom is 0.267 e. The molecule has 4 aromatic rings. The number of H-pyrrole nitrogens is 2. The van der Waals surface area contributed by atoms with Crippen LogP contribution in [-0.2, 0) is 15.6 Å². The summed E-state index contributed by atoms with van der Waals surface area (Å²) in [5.74, 6) is 1.69. The molecule has 0 spiro atoms. The van der Waals surface area contributed by atoms with Crippen LogP contribution in [0.1, 0.15) is 29.4 Å². The van der Waals surface area contributed by atoms with Crippen molar-refractivity contribution < 1.29 is 17.9 Å². The number of hydrogen-bond acceptors (Lipinski definition) is 8. The summed E-state index contributed by atoms with van der Waals surface area (Å²) in [6, 6.07) is 21.3. The number of ether oxygens (including phenoxy) is 1. The van der Waals surface area contributed by atoms with E-state index in [1.807, 2.05) is 55.6 Å². The molecule has 5 N–H and O–H groups in total. The van der Waals surface area contributed by atoms with E-state index in [-0.39, 0.29) is 22.7 Å². The summed E-state index contributed by atoms with van der Waals surface area (Å²) >= 11 is 6.53. The van der Waals surface area contributed by atoms with Crippen LogP contribution in [0.4, 0.5) is 5.69 Å². The van der Waals surface area contributed by atoms with E-state index in [0.717, 1.165) is 22.2 Å². The van der Waals surface area contributed by atoms with Crippen molar-refractivity contribution in [2.75, 3.05) is 50.0 Å². The summed E-state index contributed by atoms with van der Waals surface area (Å²) in [6.07, 6.45) is 2.71. The lowest BCUT2D eigenvalue weighted by molar-refractivity contribution is 0.0948. The Bertz CT molecular complexity index is 1610. The summed E-state index contributed by atoms with van der Waals surface area (Å²) in [4.78, 5) is 21.2. The molecule has 1 saturated heterocycles. The average Bonchev–Trinajstić information content (AvgIpc) is 3.45. The third-order valence-corrected chi connectivity index (χ3v) is 10.00. The molecule has 2 aromatic heterocycles. The number of nitrogen functional groups attached to an aromatic ring is 1. The van der Waals surface area contributed by atoms with Crippen molar-refractivity contribution in [3.63, 3.8) is 0 Å². The fourth-order valence-corrected chi connectivity index (χ4v) is 7.09. The van der Waals surface area contributed by atoms with Crippen LogP contribution in [0.3, 0.4) is 0 Å². The number of nitrogens with one attached hydrogen (secondary N) is 3. The number of benzene rings is 2. The monoisotopic (exact) mass is 641 g/mol. The smallest absolute Gasteiger partial charge is 0.267 e. The highest BCUT2D eigenvalue weighted by Crippen LogP contribution is 2.28. The first-order valence-electron chi connectivity index (χ1n) is 14.3. The number of rotatable bonds is 11. The maximum absolute atomic E-state index is 13.0. The molecule has 2 aromatic carbocycles. The molecule has 1 aliphatic heterocycles. The molecule has 230 valence electrons. The summed E-state index contributed by atoms with van der Waals surface area (Å²) in [6.45, 7) is 4.89. The number of nitrogens with zero attached hydrogens (tertiary/aromatic N) is 1. The Morgan fingerprint density at radius 1 is 1.12 bits per heavy atom. The molecule has 0 aliphatic carbocycles. The minimum Gasteiger partial charge on any atom is -0.494 e. The van der Waals surface area contributed by atoms with Crippen LogP contribution in [0.15, 0.2) is 72.9 Å². The molecular weight excluding hydrogens is 603 g/mol. The van der Waals surface area contributed by atoms with Crippen LogP contribution in [-0.4, -0.2) is 78.7 Å². The van der Waals surface area contributed by atoms with Gasteiger partial charge in [0.25, 0.3) is 5.91 Å². The van der Waals surface area contributed by atoms with Crippen LogP contribution in [0.2, 0.25) is 0 Å². The zero-order valence-corrected chi connectivity index (χ0v) is 26.7. The molecule has 9 nitrogen and oxygen atoms in total. The quantitative estimate of drug-likeness (QED) is 0.132. The van der Waals surface area contributed by atoms with Crippen LogP contribution < -0.4 is 15.8 Å². The van der Waals surface area contributed by atoms with Gasteiger partial charge in [0.15, 0.2) is 9.84 Å². The van der Waals surface area contributed by atoms with Crippen LogP contribution in [0.25, 0.3) is 10.9 Å². The van der Waals surface area contributed by atoms with E-state index in [1.54, 1.807) is 23.9 Å². The largest absolute Gasteiger partial charge is 0.494 e. The molecule has 3 heterocycles. The number of nitrogens with two attached hydrogens (primary N) is 1. The highest BCUT2D eigenvalue weighted by atomic mass is 32.2. The highest BCUT2D eigenvalue weighted by Gasteiger charge is 2.24. The van der Waals surface area contributed by atoms with Crippen molar-refractivity contribution in [3.8, 4) is 5.75 Å². The molecule has 1 amide bonds. The Balaban J connectivity index is 0.000000530. The van der Waals surface area contributed by atoms with Crippen LogP contribution in [0, 0.1) is 4.64 Å². The number of hydrogen-bond donors (Lipinski definition) is 4. The normalized spacial score (nSPS) is 15.3. The second kappa shape index (κ2) is 15.9. The molecular formula is C31H39N5O4S3. The Morgan fingerprint density at radius 3 is 2.51 bits per heavy atom. The van der Waals surface area contributed by atoms with Gasteiger partial charge in [0.2, 0.25) is 0 Å². The predicted molar refractivity (Wildman–Crippen MR) is 179 cm³/mol. The topological polar surface area (TPSA) is 133 Å². The molecule has 12 heteroatoms. The number of carbonyl (C=O) groups is 1. The predicted octanol–water partition coefficient (Wildman–Crippen LogP) is 5.05. The number of aromatic amines is 2. The van der Waals surface area contributed by atoms with E-state index in [0.29, 0.717) is 55.4 Å². The lowest BCUT2D eigenvalue weighted by Gasteiger charge is -2.30. The van der Waals surface area contributed by atoms with Crippen LogP contribution >= 0.6 is 24.0 Å². The molecule has 0 bridgehead atoms. The second-order valence-electron chi connectivity index (χ2n) is 10.3. The van der Waals surface area contributed by atoms with E-state index in [4.69, 9.17) is 22.7 Å². The van der Waals surface area contributed by atoms with Gasteiger partial charge in [-0.2, -0.15) is 11.8 Å². The summed E-state index contributed by atoms with van der Waals surface area (Å²) in [7, 11) is -2.93. The highest BCUT2D eigenvalue weighted by molar-refractivity contribution is 7.99. The van der Waals surface area contributed by atoms with Gasteiger partial charge in [-0.3, -0.25) is 4.79 Å². The molecule has 1 aliphatic rings. The zero-order chi connectivity index (χ0) is 30.7. The molecule has 0 saturated carbocycles. The van der Waals surface area contributed by atoms with Crippen molar-refractivity contribution in [2.45, 2.75) is 24.3 Å². The fraction of sp³-hybridized carbons (Fsp3) is 0.355. The lowest BCUT2D eigenvalue weighted by atomic mass is 10.2. The number of carbonyl (C=O) groups excluding carboxylic acids is 1. The number of aromatic nitrogens is 2. The van der Waals surface area contributed by atoms with Crippen molar-refractivity contribution in [1.29, 1.82) is 0 Å². The van der Waals surface area contributed by atoms with E-state index in [1.165, 1.54) is 5.56 Å². The van der Waals surface area contributed by atoms with E-state index in [2.05, 4.69) is 32.3 Å². The average molecular weight is 642 g/mol. The number of amides is 1. The summed E-state index contributed by atoms with van der Waals surface area (Å²) < 4.78 is 30.1. The van der Waals surface area contributed by atoms with Gasteiger partial charge in [0, 0.05) is 54.8 Å².